The lowest BCUT2D eigenvalue weighted by Gasteiger charge is -2.27. The Hall–Kier alpha value is -2.17. The van der Waals surface area contributed by atoms with E-state index in [1.807, 2.05) is 13.8 Å². The molecule has 1 N–H and O–H groups in total. The van der Waals surface area contributed by atoms with E-state index in [0.29, 0.717) is 29.8 Å². The predicted molar refractivity (Wildman–Crippen MR) is 78.3 cm³/mol. The van der Waals surface area contributed by atoms with Gasteiger partial charge < -0.3 is 10.1 Å². The lowest BCUT2D eigenvalue weighted by molar-refractivity contribution is -0.149. The van der Waals surface area contributed by atoms with Crippen LogP contribution in [-0.2, 0) is 19.7 Å². The molecule has 1 amide bonds. The highest BCUT2D eigenvalue weighted by atomic mass is 16.5. The van der Waals surface area contributed by atoms with Crippen molar-refractivity contribution >= 4 is 23.3 Å². The number of anilines is 1. The van der Waals surface area contributed by atoms with E-state index in [-0.39, 0.29) is 5.97 Å². The number of carbonyl (C=O) groups excluding carboxylic acids is 3. The average molecular weight is 289 g/mol. The van der Waals surface area contributed by atoms with Gasteiger partial charge in [-0.15, -0.1) is 0 Å². The third-order valence-corrected chi connectivity index (χ3v) is 3.83. The van der Waals surface area contributed by atoms with Gasteiger partial charge in [0.25, 0.3) is 11.7 Å². The number of carbonyl (C=O) groups is 3. The number of esters is 1. The Morgan fingerprint density at radius 3 is 2.62 bits per heavy atom. The van der Waals surface area contributed by atoms with Crippen molar-refractivity contribution in [1.82, 2.24) is 0 Å². The largest absolute Gasteiger partial charge is 0.465 e. The number of amides is 1. The van der Waals surface area contributed by atoms with Crippen LogP contribution in [0, 0.1) is 0 Å². The monoisotopic (exact) mass is 289 g/mol. The molecule has 1 atom stereocenters. The first-order valence-electron chi connectivity index (χ1n) is 7.11. The molecule has 0 saturated carbocycles. The fourth-order valence-corrected chi connectivity index (χ4v) is 2.64. The van der Waals surface area contributed by atoms with Gasteiger partial charge >= 0.3 is 5.97 Å². The minimum Gasteiger partial charge on any atom is -0.465 e. The van der Waals surface area contributed by atoms with Crippen molar-refractivity contribution in [1.29, 1.82) is 0 Å². The second kappa shape index (κ2) is 5.68. The van der Waals surface area contributed by atoms with Crippen molar-refractivity contribution in [2.24, 2.45) is 0 Å². The summed E-state index contributed by atoms with van der Waals surface area (Å²) in [6.07, 6.45) is 1.41. The van der Waals surface area contributed by atoms with Crippen LogP contribution in [-0.4, -0.2) is 24.3 Å². The number of benzene rings is 1. The van der Waals surface area contributed by atoms with E-state index in [1.165, 1.54) is 0 Å². The lowest BCUT2D eigenvalue weighted by Crippen LogP contribution is -2.34. The van der Waals surface area contributed by atoms with E-state index in [2.05, 4.69) is 5.32 Å². The molecule has 5 heteroatoms. The highest BCUT2D eigenvalue weighted by molar-refractivity contribution is 6.51. The topological polar surface area (TPSA) is 72.5 Å². The van der Waals surface area contributed by atoms with Gasteiger partial charge in [-0.1, -0.05) is 19.4 Å². The van der Waals surface area contributed by atoms with Crippen LogP contribution in [0.4, 0.5) is 5.69 Å². The van der Waals surface area contributed by atoms with E-state index in [1.54, 1.807) is 25.1 Å². The number of hydrogen-bond acceptors (Lipinski definition) is 4. The molecule has 1 unspecified atom stereocenters. The third-order valence-electron chi connectivity index (χ3n) is 3.83. The van der Waals surface area contributed by atoms with Gasteiger partial charge in [0.2, 0.25) is 0 Å². The van der Waals surface area contributed by atoms with Gasteiger partial charge in [-0.05, 0) is 38.0 Å². The summed E-state index contributed by atoms with van der Waals surface area (Å²) in [5.41, 5.74) is 0.707. The standard InChI is InChI=1S/C16H19NO4/c1-4-8-16(3,15(20)21-5-2)10-6-7-12-11(9-10)13(18)14(19)17-12/h6-7,9H,4-5,8H2,1-3H3,(H,17,18,19). The minimum atomic E-state index is -0.814. The number of Topliss-reactive ketones (excluding diaryl/α,β-unsaturated/α-hetero) is 1. The molecule has 2 rings (SSSR count). The van der Waals surface area contributed by atoms with Crippen LogP contribution in [0.3, 0.4) is 0 Å². The smallest absolute Gasteiger partial charge is 0.316 e. The van der Waals surface area contributed by atoms with Crippen molar-refractivity contribution in [3.05, 3.63) is 29.3 Å². The molecular formula is C16H19NO4. The van der Waals surface area contributed by atoms with Crippen LogP contribution in [0.25, 0.3) is 0 Å². The zero-order chi connectivity index (χ0) is 15.6. The summed E-state index contributed by atoms with van der Waals surface area (Å²) in [5, 5.41) is 2.51. The van der Waals surface area contributed by atoms with Crippen LogP contribution in [0.1, 0.15) is 49.5 Å². The van der Waals surface area contributed by atoms with Crippen LogP contribution in [0.15, 0.2) is 18.2 Å². The van der Waals surface area contributed by atoms with Gasteiger partial charge in [-0.2, -0.15) is 0 Å². The van der Waals surface area contributed by atoms with Crippen molar-refractivity contribution in [3.8, 4) is 0 Å². The number of ketones is 1. The third kappa shape index (κ3) is 2.55. The van der Waals surface area contributed by atoms with E-state index >= 15 is 0 Å². The molecule has 5 nitrogen and oxygen atoms in total. The predicted octanol–water partition coefficient (Wildman–Crippen LogP) is 2.44. The molecule has 1 aliphatic rings. The van der Waals surface area contributed by atoms with Crippen molar-refractivity contribution in [3.63, 3.8) is 0 Å². The molecule has 0 aromatic heterocycles. The maximum Gasteiger partial charge on any atom is 0.316 e. The van der Waals surface area contributed by atoms with Crippen molar-refractivity contribution < 1.29 is 19.1 Å². The number of hydrogen-bond donors (Lipinski definition) is 1. The fourth-order valence-electron chi connectivity index (χ4n) is 2.64. The van der Waals surface area contributed by atoms with E-state index in [0.717, 1.165) is 6.42 Å². The van der Waals surface area contributed by atoms with Gasteiger partial charge in [-0.25, -0.2) is 0 Å². The summed E-state index contributed by atoms with van der Waals surface area (Å²) in [6, 6.07) is 5.06. The van der Waals surface area contributed by atoms with E-state index < -0.39 is 17.1 Å². The van der Waals surface area contributed by atoms with E-state index in [9.17, 15) is 14.4 Å². The number of fused-ring (bicyclic) bond motifs is 1. The molecule has 0 radical (unpaired) electrons. The Kier molecular flexibility index (Phi) is 4.11. The van der Waals surface area contributed by atoms with Crippen LogP contribution in [0.5, 0.6) is 0 Å². The fraction of sp³-hybridized carbons (Fsp3) is 0.438. The van der Waals surface area contributed by atoms with Gasteiger partial charge in [0.1, 0.15) is 0 Å². The first kappa shape index (κ1) is 15.2. The van der Waals surface area contributed by atoms with Gasteiger partial charge in [0.05, 0.1) is 23.3 Å². The van der Waals surface area contributed by atoms with Gasteiger partial charge in [-0.3, -0.25) is 14.4 Å². The maximum atomic E-state index is 12.3. The van der Waals surface area contributed by atoms with Crippen LogP contribution in [0.2, 0.25) is 0 Å². The SMILES string of the molecule is CCCC(C)(C(=O)OCC)c1ccc2c(c1)C(=O)C(=O)N2. The van der Waals surface area contributed by atoms with Crippen LogP contribution < -0.4 is 5.32 Å². The Morgan fingerprint density at radius 2 is 2.00 bits per heavy atom. The number of ether oxygens (including phenoxy) is 1. The Balaban J connectivity index is 2.45. The summed E-state index contributed by atoms with van der Waals surface area (Å²) in [6.45, 7) is 5.87. The quantitative estimate of drug-likeness (QED) is 0.667. The highest BCUT2D eigenvalue weighted by Gasteiger charge is 2.38. The molecule has 21 heavy (non-hydrogen) atoms. The zero-order valence-corrected chi connectivity index (χ0v) is 12.5. The second-order valence-electron chi connectivity index (χ2n) is 5.35. The number of rotatable bonds is 5. The van der Waals surface area contributed by atoms with Crippen molar-refractivity contribution in [2.45, 2.75) is 39.0 Å². The second-order valence-corrected chi connectivity index (χ2v) is 5.35. The summed E-state index contributed by atoms with van der Waals surface area (Å²) < 4.78 is 5.17. The summed E-state index contributed by atoms with van der Waals surface area (Å²) in [5.74, 6) is -1.50. The summed E-state index contributed by atoms with van der Waals surface area (Å²) in [4.78, 5) is 35.5. The highest BCUT2D eigenvalue weighted by Crippen LogP contribution is 2.34. The van der Waals surface area contributed by atoms with E-state index in [4.69, 9.17) is 4.74 Å². The molecular weight excluding hydrogens is 270 g/mol. The van der Waals surface area contributed by atoms with Crippen LogP contribution >= 0.6 is 0 Å². The van der Waals surface area contributed by atoms with Gasteiger partial charge in [0.15, 0.2) is 0 Å². The summed E-state index contributed by atoms with van der Waals surface area (Å²) >= 11 is 0. The molecule has 1 aromatic rings. The first-order chi connectivity index (χ1) is 9.93. The Labute approximate surface area is 123 Å². The normalized spacial score (nSPS) is 16.1. The van der Waals surface area contributed by atoms with Crippen molar-refractivity contribution in [2.75, 3.05) is 11.9 Å². The maximum absolute atomic E-state index is 12.3. The molecule has 1 aromatic carbocycles. The lowest BCUT2D eigenvalue weighted by atomic mass is 9.78. The molecule has 112 valence electrons. The average Bonchev–Trinajstić information content (AvgIpc) is 2.74. The molecule has 0 fully saturated rings. The molecule has 1 aliphatic heterocycles. The zero-order valence-electron chi connectivity index (χ0n) is 12.5. The molecule has 0 spiro atoms. The molecule has 0 saturated heterocycles. The Morgan fingerprint density at radius 1 is 1.29 bits per heavy atom. The summed E-state index contributed by atoms with van der Waals surface area (Å²) in [7, 11) is 0. The van der Waals surface area contributed by atoms with Gasteiger partial charge in [0, 0.05) is 0 Å². The molecule has 1 heterocycles. The minimum absolute atomic E-state index is 0.308. The molecule has 0 aliphatic carbocycles. The first-order valence-corrected chi connectivity index (χ1v) is 7.11. The number of nitrogens with one attached hydrogen (secondary N) is 1. The molecule has 0 bridgehead atoms. The Bertz CT molecular complexity index is 608.